The van der Waals surface area contributed by atoms with Crippen molar-refractivity contribution in [2.45, 2.75) is 25.4 Å². The molecule has 0 amide bonds. The maximum absolute atomic E-state index is 12.6. The summed E-state index contributed by atoms with van der Waals surface area (Å²) in [6, 6.07) is 5.28. The van der Waals surface area contributed by atoms with Crippen molar-refractivity contribution in [1.29, 1.82) is 0 Å². The third-order valence-corrected chi connectivity index (χ3v) is 2.57. The van der Waals surface area contributed by atoms with Crippen LogP contribution in [0.4, 0.5) is 13.2 Å². The molecule has 0 saturated carbocycles. The first kappa shape index (κ1) is 14.2. The number of para-hydroxylation sites is 1. The molecule has 0 spiro atoms. The molecule has 1 rings (SSSR count). The highest BCUT2D eigenvalue weighted by Crippen LogP contribution is 2.35. The standard InChI is InChI=1S/C12H15F3OS/c13-12(14,15)10-6-2-3-7-11(10)16-8-4-1-5-9-17/h2-3,6-7,17H,1,4-5,8-9H2. The van der Waals surface area contributed by atoms with Gasteiger partial charge < -0.3 is 4.74 Å². The van der Waals surface area contributed by atoms with Crippen LogP contribution in [0.1, 0.15) is 24.8 Å². The molecule has 0 aliphatic carbocycles. The fourth-order valence-electron chi connectivity index (χ4n) is 1.40. The van der Waals surface area contributed by atoms with Crippen LogP contribution in [-0.4, -0.2) is 12.4 Å². The fourth-order valence-corrected chi connectivity index (χ4v) is 1.62. The van der Waals surface area contributed by atoms with Crippen LogP contribution in [-0.2, 0) is 6.18 Å². The molecule has 0 atom stereocenters. The number of alkyl halides is 3. The van der Waals surface area contributed by atoms with E-state index in [4.69, 9.17) is 4.74 Å². The predicted molar refractivity (Wildman–Crippen MR) is 64.6 cm³/mol. The van der Waals surface area contributed by atoms with Crippen molar-refractivity contribution in [2.75, 3.05) is 12.4 Å². The molecule has 0 saturated heterocycles. The summed E-state index contributed by atoms with van der Waals surface area (Å²) < 4.78 is 42.9. The molecule has 17 heavy (non-hydrogen) atoms. The second-order valence-corrected chi connectivity index (χ2v) is 4.07. The quantitative estimate of drug-likeness (QED) is 0.599. The molecule has 5 heteroatoms. The predicted octanol–water partition coefficient (Wildman–Crippen LogP) is 4.18. The largest absolute Gasteiger partial charge is 0.493 e. The maximum Gasteiger partial charge on any atom is 0.419 e. The Balaban J connectivity index is 2.53. The van der Waals surface area contributed by atoms with Gasteiger partial charge in [-0.3, -0.25) is 0 Å². The summed E-state index contributed by atoms with van der Waals surface area (Å²) in [4.78, 5) is 0. The number of thiol groups is 1. The minimum atomic E-state index is -4.36. The lowest BCUT2D eigenvalue weighted by molar-refractivity contribution is -0.138. The van der Waals surface area contributed by atoms with E-state index < -0.39 is 11.7 Å². The summed E-state index contributed by atoms with van der Waals surface area (Å²) in [5.74, 6) is 0.699. The normalized spacial score (nSPS) is 11.5. The Bertz CT molecular complexity index is 339. The van der Waals surface area contributed by atoms with Crippen LogP contribution in [0.2, 0.25) is 0 Å². The van der Waals surface area contributed by atoms with E-state index in [-0.39, 0.29) is 5.75 Å². The number of hydrogen-bond acceptors (Lipinski definition) is 2. The lowest BCUT2D eigenvalue weighted by atomic mass is 10.2. The van der Waals surface area contributed by atoms with Crippen LogP contribution in [0.3, 0.4) is 0 Å². The Morgan fingerprint density at radius 2 is 1.76 bits per heavy atom. The average Bonchev–Trinajstić information content (AvgIpc) is 2.28. The second-order valence-electron chi connectivity index (χ2n) is 3.63. The number of benzene rings is 1. The first-order valence-electron chi connectivity index (χ1n) is 5.45. The number of ether oxygens (including phenoxy) is 1. The summed E-state index contributed by atoms with van der Waals surface area (Å²) in [5.41, 5.74) is -0.714. The van der Waals surface area contributed by atoms with E-state index in [1.54, 1.807) is 0 Å². The summed E-state index contributed by atoms with van der Waals surface area (Å²) >= 11 is 4.06. The molecule has 0 N–H and O–H groups in total. The van der Waals surface area contributed by atoms with Crippen molar-refractivity contribution >= 4 is 12.6 Å². The van der Waals surface area contributed by atoms with Crippen LogP contribution >= 0.6 is 12.6 Å². The van der Waals surface area contributed by atoms with Crippen molar-refractivity contribution < 1.29 is 17.9 Å². The summed E-state index contributed by atoms with van der Waals surface area (Å²) in [6.07, 6.45) is -1.75. The van der Waals surface area contributed by atoms with Crippen LogP contribution in [0.25, 0.3) is 0 Å². The van der Waals surface area contributed by atoms with Gasteiger partial charge in [-0.05, 0) is 37.1 Å². The number of rotatable bonds is 6. The Morgan fingerprint density at radius 1 is 1.06 bits per heavy atom. The van der Waals surface area contributed by atoms with Gasteiger partial charge in [-0.25, -0.2) is 0 Å². The van der Waals surface area contributed by atoms with E-state index in [0.717, 1.165) is 31.1 Å². The molecule has 1 aromatic carbocycles. The monoisotopic (exact) mass is 264 g/mol. The zero-order valence-corrected chi connectivity index (χ0v) is 10.2. The molecule has 0 unspecified atom stereocenters. The Morgan fingerprint density at radius 3 is 2.41 bits per heavy atom. The molecular weight excluding hydrogens is 249 g/mol. The minimum absolute atomic E-state index is 0.0918. The molecular formula is C12H15F3OS. The Labute approximate surface area is 104 Å². The van der Waals surface area contributed by atoms with E-state index in [2.05, 4.69) is 12.6 Å². The van der Waals surface area contributed by atoms with Gasteiger partial charge in [-0.2, -0.15) is 25.8 Å². The van der Waals surface area contributed by atoms with Gasteiger partial charge in [0.15, 0.2) is 0 Å². The van der Waals surface area contributed by atoms with Crippen LogP contribution in [0, 0.1) is 0 Å². The summed E-state index contributed by atoms with van der Waals surface area (Å²) in [6.45, 7) is 0.306. The van der Waals surface area contributed by atoms with Gasteiger partial charge in [0, 0.05) is 0 Å². The van der Waals surface area contributed by atoms with Crippen molar-refractivity contribution in [3.05, 3.63) is 29.8 Å². The molecule has 0 radical (unpaired) electrons. The Kier molecular flexibility index (Phi) is 5.68. The molecule has 0 aromatic heterocycles. The molecule has 1 aromatic rings. The van der Waals surface area contributed by atoms with Gasteiger partial charge in [0.05, 0.1) is 12.2 Å². The number of unbranched alkanes of at least 4 members (excludes halogenated alkanes) is 2. The highest BCUT2D eigenvalue weighted by molar-refractivity contribution is 7.80. The first-order valence-corrected chi connectivity index (χ1v) is 6.09. The highest BCUT2D eigenvalue weighted by Gasteiger charge is 2.33. The molecule has 0 fully saturated rings. The topological polar surface area (TPSA) is 9.23 Å². The SMILES string of the molecule is FC(F)(F)c1ccccc1OCCCCCS. The van der Waals surface area contributed by atoms with Gasteiger partial charge in [0.1, 0.15) is 5.75 Å². The summed E-state index contributed by atoms with van der Waals surface area (Å²) in [7, 11) is 0. The third kappa shape index (κ3) is 4.89. The molecule has 1 nitrogen and oxygen atoms in total. The van der Waals surface area contributed by atoms with Crippen LogP contribution in [0.15, 0.2) is 24.3 Å². The average molecular weight is 264 g/mol. The number of hydrogen-bond donors (Lipinski definition) is 1. The van der Waals surface area contributed by atoms with Crippen molar-refractivity contribution in [3.63, 3.8) is 0 Å². The van der Waals surface area contributed by atoms with E-state index >= 15 is 0 Å². The van der Waals surface area contributed by atoms with Gasteiger partial charge in [0.2, 0.25) is 0 Å². The molecule has 0 bridgehead atoms. The van der Waals surface area contributed by atoms with Crippen LogP contribution in [0.5, 0.6) is 5.75 Å². The zero-order valence-electron chi connectivity index (χ0n) is 9.33. The van der Waals surface area contributed by atoms with Gasteiger partial charge in [0.25, 0.3) is 0 Å². The summed E-state index contributed by atoms with van der Waals surface area (Å²) in [5, 5.41) is 0. The van der Waals surface area contributed by atoms with E-state index in [0.29, 0.717) is 6.61 Å². The van der Waals surface area contributed by atoms with Crippen LogP contribution < -0.4 is 4.74 Å². The fraction of sp³-hybridized carbons (Fsp3) is 0.500. The maximum atomic E-state index is 12.6. The lowest BCUT2D eigenvalue weighted by Gasteiger charge is -2.13. The third-order valence-electron chi connectivity index (χ3n) is 2.25. The van der Waals surface area contributed by atoms with Gasteiger partial charge in [-0.15, -0.1) is 0 Å². The lowest BCUT2D eigenvalue weighted by Crippen LogP contribution is -2.09. The van der Waals surface area contributed by atoms with Gasteiger partial charge >= 0.3 is 6.18 Å². The van der Waals surface area contributed by atoms with E-state index in [1.165, 1.54) is 18.2 Å². The first-order chi connectivity index (χ1) is 8.05. The smallest absolute Gasteiger partial charge is 0.419 e. The van der Waals surface area contributed by atoms with Crippen molar-refractivity contribution in [1.82, 2.24) is 0 Å². The van der Waals surface area contributed by atoms with E-state index in [1.807, 2.05) is 0 Å². The second kappa shape index (κ2) is 6.79. The van der Waals surface area contributed by atoms with E-state index in [9.17, 15) is 13.2 Å². The van der Waals surface area contributed by atoms with Gasteiger partial charge in [-0.1, -0.05) is 12.1 Å². The molecule has 0 aliphatic rings. The molecule has 96 valence electrons. The zero-order chi connectivity index (χ0) is 12.7. The number of halogens is 3. The molecule has 0 heterocycles. The van der Waals surface area contributed by atoms with Crippen molar-refractivity contribution in [3.8, 4) is 5.75 Å². The molecule has 0 aliphatic heterocycles. The van der Waals surface area contributed by atoms with Crippen molar-refractivity contribution in [2.24, 2.45) is 0 Å². The highest BCUT2D eigenvalue weighted by atomic mass is 32.1. The minimum Gasteiger partial charge on any atom is -0.493 e. The Hall–Kier alpha value is -0.840.